The van der Waals surface area contributed by atoms with Crippen molar-refractivity contribution in [3.63, 3.8) is 0 Å². The van der Waals surface area contributed by atoms with Gasteiger partial charge in [0.15, 0.2) is 5.82 Å². The highest BCUT2D eigenvalue weighted by Gasteiger charge is 2.21. The Kier molecular flexibility index (Phi) is 6.78. The van der Waals surface area contributed by atoms with Gasteiger partial charge in [0.05, 0.1) is 0 Å². The Hall–Kier alpha value is -2.12. The lowest BCUT2D eigenvalue weighted by Crippen LogP contribution is -2.27. The molecule has 3 rings (SSSR count). The van der Waals surface area contributed by atoms with E-state index in [1.54, 1.807) is 23.9 Å². The van der Waals surface area contributed by atoms with E-state index in [4.69, 9.17) is 0 Å². The molecule has 1 aromatic carbocycles. The van der Waals surface area contributed by atoms with Gasteiger partial charge in [0.2, 0.25) is 11.9 Å². The predicted molar refractivity (Wildman–Crippen MR) is 98.2 cm³/mol. The van der Waals surface area contributed by atoms with Crippen LogP contribution in [0.25, 0.3) is 0 Å². The van der Waals surface area contributed by atoms with Crippen LogP contribution in [0.1, 0.15) is 36.6 Å². The van der Waals surface area contributed by atoms with Gasteiger partial charge in [0.1, 0.15) is 5.75 Å². The summed E-state index contributed by atoms with van der Waals surface area (Å²) in [4.78, 5) is 16.6. The van der Waals surface area contributed by atoms with E-state index in [2.05, 4.69) is 20.7 Å². The van der Waals surface area contributed by atoms with Gasteiger partial charge in [-0.15, -0.1) is 12.4 Å². The van der Waals surface area contributed by atoms with Gasteiger partial charge in [-0.25, -0.2) is 4.68 Å². The van der Waals surface area contributed by atoms with Crippen molar-refractivity contribution < 1.29 is 9.90 Å². The molecular weight excluding hydrogens is 342 g/mol. The summed E-state index contributed by atoms with van der Waals surface area (Å²) in [6, 6.07) is 7.06. The first-order valence-electron chi connectivity index (χ1n) is 8.32. The van der Waals surface area contributed by atoms with E-state index in [9.17, 15) is 9.90 Å². The van der Waals surface area contributed by atoms with Crippen molar-refractivity contribution in [2.45, 2.75) is 31.6 Å². The van der Waals surface area contributed by atoms with Gasteiger partial charge in [0.25, 0.3) is 0 Å². The SMILES string of the molecule is Cl.Cn1nc(C2CCNCC2)nc1NC(=O)CCc1ccccc1O. The smallest absolute Gasteiger partial charge is 0.227 e. The molecule has 0 radical (unpaired) electrons. The Balaban J connectivity index is 0.00000225. The molecule has 0 bridgehead atoms. The Bertz CT molecular complexity index is 713. The molecule has 7 nitrogen and oxygen atoms in total. The Morgan fingerprint density at radius 3 is 2.80 bits per heavy atom. The zero-order chi connectivity index (χ0) is 16.9. The number of amides is 1. The van der Waals surface area contributed by atoms with Crippen LogP contribution >= 0.6 is 12.4 Å². The number of carbonyl (C=O) groups excluding carboxylic acids is 1. The number of hydrogen-bond acceptors (Lipinski definition) is 5. The first kappa shape index (κ1) is 19.2. The summed E-state index contributed by atoms with van der Waals surface area (Å²) < 4.78 is 1.62. The van der Waals surface area contributed by atoms with Gasteiger partial charge in [-0.05, 0) is 44.0 Å². The van der Waals surface area contributed by atoms with E-state index in [1.165, 1.54) is 0 Å². The Morgan fingerprint density at radius 1 is 1.36 bits per heavy atom. The summed E-state index contributed by atoms with van der Waals surface area (Å²) in [7, 11) is 1.79. The van der Waals surface area contributed by atoms with Crippen LogP contribution in [0, 0.1) is 0 Å². The van der Waals surface area contributed by atoms with Gasteiger partial charge in [-0.2, -0.15) is 10.1 Å². The number of phenols is 1. The number of anilines is 1. The molecule has 1 amide bonds. The number of benzene rings is 1. The average Bonchev–Trinajstić information content (AvgIpc) is 2.96. The van der Waals surface area contributed by atoms with Crippen molar-refractivity contribution in [3.8, 4) is 5.75 Å². The summed E-state index contributed by atoms with van der Waals surface area (Å²) in [6.07, 6.45) is 2.81. The van der Waals surface area contributed by atoms with E-state index in [1.807, 2.05) is 12.1 Å². The summed E-state index contributed by atoms with van der Waals surface area (Å²) in [5, 5.41) is 20.3. The van der Waals surface area contributed by atoms with Crippen molar-refractivity contribution in [1.82, 2.24) is 20.1 Å². The van der Waals surface area contributed by atoms with Gasteiger partial charge in [-0.1, -0.05) is 18.2 Å². The van der Waals surface area contributed by atoms with Crippen molar-refractivity contribution in [1.29, 1.82) is 0 Å². The van der Waals surface area contributed by atoms with Crippen LogP contribution in [0.2, 0.25) is 0 Å². The molecule has 0 spiro atoms. The molecule has 25 heavy (non-hydrogen) atoms. The molecule has 1 aliphatic rings. The molecule has 8 heteroatoms. The number of piperidine rings is 1. The van der Waals surface area contributed by atoms with Gasteiger partial charge in [0, 0.05) is 19.4 Å². The van der Waals surface area contributed by atoms with Crippen LogP contribution in [0.5, 0.6) is 5.75 Å². The highest BCUT2D eigenvalue weighted by Crippen LogP contribution is 2.23. The van der Waals surface area contributed by atoms with E-state index in [-0.39, 0.29) is 30.5 Å². The molecule has 0 saturated carbocycles. The minimum atomic E-state index is -0.134. The monoisotopic (exact) mass is 365 g/mol. The highest BCUT2D eigenvalue weighted by molar-refractivity contribution is 5.89. The Morgan fingerprint density at radius 2 is 2.08 bits per heavy atom. The molecule has 2 aromatic rings. The van der Waals surface area contributed by atoms with E-state index in [0.717, 1.165) is 37.3 Å². The summed E-state index contributed by atoms with van der Waals surface area (Å²) in [5.41, 5.74) is 0.765. The number of halogens is 1. The second-order valence-electron chi connectivity index (χ2n) is 6.12. The number of phenolic OH excluding ortho intramolecular Hbond substituents is 1. The van der Waals surface area contributed by atoms with Crippen LogP contribution in [0.3, 0.4) is 0 Å². The first-order chi connectivity index (χ1) is 11.6. The lowest BCUT2D eigenvalue weighted by molar-refractivity contribution is -0.116. The van der Waals surface area contributed by atoms with Crippen molar-refractivity contribution in [3.05, 3.63) is 35.7 Å². The predicted octanol–water partition coefficient (Wildman–Crippen LogP) is 1.98. The third-order valence-corrected chi connectivity index (χ3v) is 4.35. The molecule has 0 aliphatic carbocycles. The maximum absolute atomic E-state index is 12.2. The molecule has 3 N–H and O–H groups in total. The lowest BCUT2D eigenvalue weighted by atomic mass is 9.98. The fraction of sp³-hybridized carbons (Fsp3) is 0.471. The maximum atomic E-state index is 12.2. The fourth-order valence-corrected chi connectivity index (χ4v) is 2.92. The number of carbonyl (C=O) groups is 1. The molecule has 2 heterocycles. The molecule has 1 aliphatic heterocycles. The van der Waals surface area contributed by atoms with Gasteiger partial charge < -0.3 is 10.4 Å². The molecule has 1 aromatic heterocycles. The Labute approximate surface area is 153 Å². The van der Waals surface area contributed by atoms with Gasteiger partial charge >= 0.3 is 0 Å². The van der Waals surface area contributed by atoms with Crippen molar-refractivity contribution in [2.75, 3.05) is 18.4 Å². The number of para-hydroxylation sites is 1. The number of rotatable bonds is 5. The number of aryl methyl sites for hydroxylation is 2. The van der Waals surface area contributed by atoms with E-state index < -0.39 is 0 Å². The molecule has 1 fully saturated rings. The largest absolute Gasteiger partial charge is 0.508 e. The standard InChI is InChI=1S/C17H23N5O2.ClH/c1-22-17(20-16(21-22)13-8-10-18-11-9-13)19-15(24)7-6-12-4-2-3-5-14(12)23;/h2-5,13,18,23H,6-11H2,1H3,(H,19,20,21,24);1H. The molecule has 1 saturated heterocycles. The highest BCUT2D eigenvalue weighted by atomic mass is 35.5. The van der Waals surface area contributed by atoms with Crippen LogP contribution in [0.15, 0.2) is 24.3 Å². The van der Waals surface area contributed by atoms with Crippen LogP contribution in [-0.2, 0) is 18.3 Å². The fourth-order valence-electron chi connectivity index (χ4n) is 2.92. The number of nitrogens with zero attached hydrogens (tertiary/aromatic N) is 3. The van der Waals surface area contributed by atoms with Gasteiger partial charge in [-0.3, -0.25) is 10.1 Å². The minimum absolute atomic E-state index is 0. The lowest BCUT2D eigenvalue weighted by Gasteiger charge is -2.19. The third-order valence-electron chi connectivity index (χ3n) is 4.35. The second-order valence-corrected chi connectivity index (χ2v) is 6.12. The topological polar surface area (TPSA) is 92.1 Å². The van der Waals surface area contributed by atoms with E-state index >= 15 is 0 Å². The normalized spacial score (nSPS) is 14.8. The maximum Gasteiger partial charge on any atom is 0.227 e. The minimum Gasteiger partial charge on any atom is -0.508 e. The number of nitrogens with one attached hydrogen (secondary N) is 2. The number of aromatic hydroxyl groups is 1. The summed E-state index contributed by atoms with van der Waals surface area (Å²) in [6.45, 7) is 1.95. The van der Waals surface area contributed by atoms with E-state index in [0.29, 0.717) is 18.3 Å². The molecule has 136 valence electrons. The molecule has 0 atom stereocenters. The van der Waals surface area contributed by atoms with Crippen LogP contribution in [-0.4, -0.2) is 38.9 Å². The number of aromatic nitrogens is 3. The van der Waals surface area contributed by atoms with Crippen molar-refractivity contribution in [2.24, 2.45) is 7.05 Å². The summed E-state index contributed by atoms with van der Waals surface area (Å²) >= 11 is 0. The molecular formula is C17H24ClN5O2. The van der Waals surface area contributed by atoms with Crippen LogP contribution < -0.4 is 10.6 Å². The zero-order valence-corrected chi connectivity index (χ0v) is 15.1. The number of hydrogen-bond donors (Lipinski definition) is 3. The average molecular weight is 366 g/mol. The first-order valence-corrected chi connectivity index (χ1v) is 8.32. The second kappa shape index (κ2) is 8.82. The zero-order valence-electron chi connectivity index (χ0n) is 14.2. The van der Waals surface area contributed by atoms with Crippen LogP contribution in [0.4, 0.5) is 5.95 Å². The third kappa shape index (κ3) is 4.93. The quantitative estimate of drug-likeness (QED) is 0.753. The molecule has 0 unspecified atom stereocenters. The summed E-state index contributed by atoms with van der Waals surface area (Å²) in [5.74, 6) is 1.72. The van der Waals surface area contributed by atoms with Crippen molar-refractivity contribution >= 4 is 24.3 Å².